The number of rotatable bonds is 3. The molecular formula is C52H31NO. The van der Waals surface area contributed by atoms with Gasteiger partial charge in [0.25, 0.3) is 0 Å². The molecule has 0 bridgehead atoms. The van der Waals surface area contributed by atoms with Crippen LogP contribution in [-0.2, 0) is 5.41 Å². The SMILES string of the molecule is N#Cc1ccc2c(c1)C1(c3ccccc3Oc3ccccc31)c1cc(-c3c4cccc(-c5ccccc5)c4cc4c(-c5ccccc5)cccc34)ccc1-2. The number of para-hydroxylation sites is 2. The largest absolute Gasteiger partial charge is 0.457 e. The molecule has 0 saturated heterocycles. The van der Waals surface area contributed by atoms with Crippen LogP contribution in [0.2, 0.25) is 0 Å². The number of nitriles is 1. The first-order valence-corrected chi connectivity index (χ1v) is 18.4. The Bertz CT molecular complexity index is 2880. The zero-order valence-electron chi connectivity index (χ0n) is 29.3. The molecule has 1 heterocycles. The van der Waals surface area contributed by atoms with E-state index in [9.17, 15) is 5.26 Å². The number of hydrogen-bond donors (Lipinski definition) is 0. The van der Waals surface area contributed by atoms with Crippen molar-refractivity contribution < 1.29 is 4.74 Å². The number of nitrogens with zero attached hydrogens (tertiary/aromatic N) is 1. The van der Waals surface area contributed by atoms with Crippen LogP contribution < -0.4 is 4.74 Å². The van der Waals surface area contributed by atoms with E-state index in [1.807, 2.05) is 18.2 Å². The molecule has 2 aliphatic rings. The standard InChI is InChI=1S/C52H31NO/c53-32-33-25-27-39-40-28-26-36(30-48(40)52(47(39)29-33)45-21-7-9-23-49(45)54-50-24-10-8-22-46(50)52)51-41-19-11-17-37(34-13-3-1-4-14-34)43(41)31-44-38(18-12-20-42(44)51)35-15-5-2-6-16-35/h1-31H. The molecule has 0 atom stereocenters. The van der Waals surface area contributed by atoms with Gasteiger partial charge in [0.2, 0.25) is 0 Å². The van der Waals surface area contributed by atoms with Gasteiger partial charge in [0.1, 0.15) is 11.5 Å². The highest BCUT2D eigenvalue weighted by Gasteiger charge is 2.51. The van der Waals surface area contributed by atoms with Crippen LogP contribution in [0.25, 0.3) is 66.1 Å². The zero-order valence-corrected chi connectivity index (χ0v) is 29.3. The van der Waals surface area contributed by atoms with E-state index in [0.717, 1.165) is 39.3 Å². The lowest BCUT2D eigenvalue weighted by atomic mass is 9.65. The molecule has 2 heteroatoms. The zero-order chi connectivity index (χ0) is 35.8. The van der Waals surface area contributed by atoms with E-state index in [0.29, 0.717) is 5.56 Å². The van der Waals surface area contributed by atoms with Crippen molar-refractivity contribution in [2.24, 2.45) is 0 Å². The van der Waals surface area contributed by atoms with Gasteiger partial charge >= 0.3 is 0 Å². The lowest BCUT2D eigenvalue weighted by molar-refractivity contribution is 0.436. The fourth-order valence-electron chi connectivity index (χ4n) is 9.34. The van der Waals surface area contributed by atoms with Crippen LogP contribution in [0.15, 0.2) is 188 Å². The van der Waals surface area contributed by atoms with Gasteiger partial charge in [-0.05, 0) is 114 Å². The van der Waals surface area contributed by atoms with Crippen LogP contribution in [-0.4, -0.2) is 0 Å². The third-order valence-corrected chi connectivity index (χ3v) is 11.6. The summed E-state index contributed by atoms with van der Waals surface area (Å²) in [5, 5.41) is 15.0. The van der Waals surface area contributed by atoms with Gasteiger partial charge in [-0.2, -0.15) is 5.26 Å². The molecule has 11 rings (SSSR count). The van der Waals surface area contributed by atoms with Gasteiger partial charge in [-0.15, -0.1) is 0 Å². The van der Waals surface area contributed by atoms with Crippen molar-refractivity contribution in [1.82, 2.24) is 0 Å². The van der Waals surface area contributed by atoms with Crippen LogP contribution in [0.3, 0.4) is 0 Å². The molecule has 9 aromatic rings. The van der Waals surface area contributed by atoms with Gasteiger partial charge in [0.05, 0.1) is 17.0 Å². The minimum absolute atomic E-state index is 0.643. The minimum Gasteiger partial charge on any atom is -0.457 e. The van der Waals surface area contributed by atoms with Crippen LogP contribution in [0.1, 0.15) is 27.8 Å². The molecule has 0 N–H and O–H groups in total. The van der Waals surface area contributed by atoms with Gasteiger partial charge in [-0.3, -0.25) is 0 Å². The molecule has 1 aliphatic heterocycles. The maximum absolute atomic E-state index is 10.2. The van der Waals surface area contributed by atoms with E-state index in [1.54, 1.807) is 0 Å². The maximum Gasteiger partial charge on any atom is 0.132 e. The predicted molar refractivity (Wildman–Crippen MR) is 220 cm³/mol. The Hall–Kier alpha value is -7.21. The van der Waals surface area contributed by atoms with E-state index in [1.165, 1.54) is 60.5 Å². The summed E-state index contributed by atoms with van der Waals surface area (Å²) in [6.45, 7) is 0. The highest BCUT2D eigenvalue weighted by Crippen LogP contribution is 2.62. The number of ether oxygens (including phenoxy) is 1. The summed E-state index contributed by atoms with van der Waals surface area (Å²) in [4.78, 5) is 0. The smallest absolute Gasteiger partial charge is 0.132 e. The molecule has 2 nitrogen and oxygen atoms in total. The Morgan fingerprint density at radius 1 is 0.370 bits per heavy atom. The first-order chi connectivity index (χ1) is 26.7. The number of hydrogen-bond acceptors (Lipinski definition) is 2. The Morgan fingerprint density at radius 3 is 1.46 bits per heavy atom. The van der Waals surface area contributed by atoms with E-state index >= 15 is 0 Å². The van der Waals surface area contributed by atoms with Crippen LogP contribution in [0.5, 0.6) is 11.5 Å². The average Bonchev–Trinajstić information content (AvgIpc) is 3.52. The lowest BCUT2D eigenvalue weighted by Crippen LogP contribution is -2.32. The summed E-state index contributed by atoms with van der Waals surface area (Å²) >= 11 is 0. The summed E-state index contributed by atoms with van der Waals surface area (Å²) in [6.07, 6.45) is 0. The van der Waals surface area contributed by atoms with Crippen molar-refractivity contribution in [3.8, 4) is 62.1 Å². The molecule has 0 unspecified atom stereocenters. The summed E-state index contributed by atoms with van der Waals surface area (Å²) in [5.41, 5.74) is 13.9. The monoisotopic (exact) mass is 685 g/mol. The van der Waals surface area contributed by atoms with Crippen LogP contribution >= 0.6 is 0 Å². The molecule has 0 radical (unpaired) electrons. The highest BCUT2D eigenvalue weighted by atomic mass is 16.5. The second-order valence-electron chi connectivity index (χ2n) is 14.3. The third-order valence-electron chi connectivity index (χ3n) is 11.6. The molecule has 0 fully saturated rings. The van der Waals surface area contributed by atoms with E-state index in [2.05, 4.69) is 176 Å². The van der Waals surface area contributed by atoms with Gasteiger partial charge < -0.3 is 4.74 Å². The highest BCUT2D eigenvalue weighted by molar-refractivity contribution is 6.19. The average molecular weight is 686 g/mol. The predicted octanol–water partition coefficient (Wildman–Crippen LogP) is 13.3. The third kappa shape index (κ3) is 4.21. The topological polar surface area (TPSA) is 33.0 Å². The summed E-state index contributed by atoms with van der Waals surface area (Å²) in [5.74, 6) is 1.66. The van der Waals surface area contributed by atoms with E-state index < -0.39 is 5.41 Å². The van der Waals surface area contributed by atoms with Crippen LogP contribution in [0, 0.1) is 11.3 Å². The van der Waals surface area contributed by atoms with Gasteiger partial charge in [-0.25, -0.2) is 0 Å². The molecule has 250 valence electrons. The molecule has 9 aromatic carbocycles. The van der Waals surface area contributed by atoms with Crippen molar-refractivity contribution in [3.63, 3.8) is 0 Å². The Kier molecular flexibility index (Phi) is 6.56. The van der Waals surface area contributed by atoms with Crippen LogP contribution in [0.4, 0.5) is 0 Å². The molecule has 0 saturated carbocycles. The summed E-state index contributed by atoms with van der Waals surface area (Å²) in [6, 6.07) is 69.7. The van der Waals surface area contributed by atoms with Crippen molar-refractivity contribution >= 4 is 21.5 Å². The Balaban J connectivity index is 1.28. The molecule has 1 spiro atoms. The summed E-state index contributed by atoms with van der Waals surface area (Å²) < 4.78 is 6.63. The number of benzene rings is 9. The number of fused-ring (bicyclic) bond motifs is 11. The van der Waals surface area contributed by atoms with Crippen molar-refractivity contribution in [2.75, 3.05) is 0 Å². The summed E-state index contributed by atoms with van der Waals surface area (Å²) in [7, 11) is 0. The molecule has 0 aromatic heterocycles. The van der Waals surface area contributed by atoms with Crippen molar-refractivity contribution in [1.29, 1.82) is 5.26 Å². The molecule has 54 heavy (non-hydrogen) atoms. The van der Waals surface area contributed by atoms with Crippen molar-refractivity contribution in [3.05, 3.63) is 216 Å². The van der Waals surface area contributed by atoms with E-state index in [-0.39, 0.29) is 0 Å². The van der Waals surface area contributed by atoms with Gasteiger partial charge in [-0.1, -0.05) is 152 Å². The second-order valence-corrected chi connectivity index (χ2v) is 14.3. The normalized spacial score (nSPS) is 13.1. The fraction of sp³-hybridized carbons (Fsp3) is 0.0192. The second kappa shape index (κ2) is 11.7. The molecule has 1 aliphatic carbocycles. The minimum atomic E-state index is -0.691. The van der Waals surface area contributed by atoms with Gasteiger partial charge in [0.15, 0.2) is 0 Å². The fourth-order valence-corrected chi connectivity index (χ4v) is 9.34. The van der Waals surface area contributed by atoms with Gasteiger partial charge in [0, 0.05) is 11.1 Å². The lowest BCUT2D eigenvalue weighted by Gasteiger charge is -2.39. The van der Waals surface area contributed by atoms with E-state index in [4.69, 9.17) is 4.74 Å². The first-order valence-electron chi connectivity index (χ1n) is 18.4. The Labute approximate surface area is 313 Å². The van der Waals surface area contributed by atoms with Crippen molar-refractivity contribution in [2.45, 2.75) is 5.41 Å². The maximum atomic E-state index is 10.2. The Morgan fingerprint density at radius 2 is 0.889 bits per heavy atom. The first kappa shape index (κ1) is 30.4. The molecular weight excluding hydrogens is 655 g/mol. The molecule has 0 amide bonds. The quantitative estimate of drug-likeness (QED) is 0.173.